The van der Waals surface area contributed by atoms with Gasteiger partial charge < -0.3 is 9.80 Å². The predicted molar refractivity (Wildman–Crippen MR) is 141 cm³/mol. The summed E-state index contributed by atoms with van der Waals surface area (Å²) in [6, 6.07) is 8.02. The molecule has 2 aromatic rings. The van der Waals surface area contributed by atoms with Crippen LogP contribution >= 0.6 is 0 Å². The maximum atomic E-state index is 13.6. The zero-order chi connectivity index (χ0) is 27.2. The molecule has 2 aromatic carbocycles. The number of fused-ring (bicyclic) bond motifs is 2. The van der Waals surface area contributed by atoms with Gasteiger partial charge in [0.1, 0.15) is 0 Å². The number of likely N-dealkylation sites (N-methyl/N-ethyl adjacent to an activating group) is 2. The summed E-state index contributed by atoms with van der Waals surface area (Å²) in [4.78, 5) is 30.9. The lowest BCUT2D eigenvalue weighted by Crippen LogP contribution is -2.35. The molecule has 3 aliphatic rings. The zero-order valence-corrected chi connectivity index (χ0v) is 23.2. The highest BCUT2D eigenvalue weighted by molar-refractivity contribution is 7.89. The van der Waals surface area contributed by atoms with Gasteiger partial charge in [0.15, 0.2) is 11.6 Å². The van der Waals surface area contributed by atoms with Crippen molar-refractivity contribution in [3.05, 3.63) is 58.7 Å². The molecule has 2 saturated heterocycles. The van der Waals surface area contributed by atoms with Crippen molar-refractivity contribution in [2.24, 2.45) is 0 Å². The highest BCUT2D eigenvalue weighted by Gasteiger charge is 2.35. The van der Waals surface area contributed by atoms with E-state index in [-0.39, 0.29) is 32.0 Å². The molecule has 204 valence electrons. The Morgan fingerprint density at radius 3 is 1.34 bits per heavy atom. The fraction of sp³-hybridized carbons (Fsp3) is 0.462. The lowest BCUT2D eigenvalue weighted by atomic mass is 9.84. The molecule has 0 aromatic heterocycles. The zero-order valence-electron chi connectivity index (χ0n) is 21.6. The number of hydrogen-bond acceptors (Lipinski definition) is 8. The van der Waals surface area contributed by atoms with E-state index in [2.05, 4.69) is 9.80 Å². The molecule has 2 fully saturated rings. The Kier molecular flexibility index (Phi) is 7.31. The van der Waals surface area contributed by atoms with E-state index in [1.54, 1.807) is 0 Å². The van der Waals surface area contributed by atoms with E-state index >= 15 is 0 Å². The minimum absolute atomic E-state index is 0.0264. The largest absolute Gasteiger partial charge is 0.305 e. The Morgan fingerprint density at radius 1 is 0.526 bits per heavy atom. The highest BCUT2D eigenvalue weighted by Crippen LogP contribution is 2.32. The SMILES string of the molecule is CN1CCCN(S(=O)(=O)c2ccc3c(c2)C(=O)c2cc(S(=O)(=O)N4CCCN(C)CC4)ccc2C3=O)CC1. The molecule has 2 aliphatic heterocycles. The van der Waals surface area contributed by atoms with E-state index in [1.807, 2.05) is 14.1 Å². The van der Waals surface area contributed by atoms with Gasteiger partial charge in [-0.05, 0) is 76.4 Å². The number of carbonyl (C=O) groups is 2. The Morgan fingerprint density at radius 2 is 0.921 bits per heavy atom. The molecule has 0 atom stereocenters. The van der Waals surface area contributed by atoms with Gasteiger partial charge in [-0.3, -0.25) is 9.59 Å². The quantitative estimate of drug-likeness (QED) is 0.466. The topological polar surface area (TPSA) is 115 Å². The molecule has 1 aliphatic carbocycles. The molecule has 0 spiro atoms. The van der Waals surface area contributed by atoms with Crippen LogP contribution in [0.15, 0.2) is 46.2 Å². The Balaban J connectivity index is 1.49. The maximum absolute atomic E-state index is 13.6. The van der Waals surface area contributed by atoms with Gasteiger partial charge in [-0.1, -0.05) is 0 Å². The summed E-state index contributed by atoms with van der Waals surface area (Å²) in [7, 11) is -3.87. The number of rotatable bonds is 4. The van der Waals surface area contributed by atoms with Crippen LogP contribution in [0.2, 0.25) is 0 Å². The highest BCUT2D eigenvalue weighted by atomic mass is 32.2. The second-order valence-corrected chi connectivity index (χ2v) is 14.1. The van der Waals surface area contributed by atoms with Crippen LogP contribution in [0.1, 0.15) is 44.7 Å². The van der Waals surface area contributed by atoms with E-state index in [9.17, 15) is 26.4 Å². The van der Waals surface area contributed by atoms with Crippen LogP contribution in [0.5, 0.6) is 0 Å². The maximum Gasteiger partial charge on any atom is 0.243 e. The molecular formula is C26H32N4O6S2. The van der Waals surface area contributed by atoms with Gasteiger partial charge in [-0.25, -0.2) is 16.8 Å². The summed E-state index contributed by atoms with van der Waals surface area (Å²) in [5.74, 6) is -0.995. The Bertz CT molecular complexity index is 1400. The smallest absolute Gasteiger partial charge is 0.243 e. The molecule has 0 N–H and O–H groups in total. The number of ketones is 2. The van der Waals surface area contributed by atoms with Crippen LogP contribution in [0.25, 0.3) is 0 Å². The number of carbonyl (C=O) groups excluding carboxylic acids is 2. The van der Waals surface area contributed by atoms with Gasteiger partial charge in [0.25, 0.3) is 0 Å². The molecule has 10 nitrogen and oxygen atoms in total. The first-order valence-electron chi connectivity index (χ1n) is 12.7. The van der Waals surface area contributed by atoms with Crippen LogP contribution < -0.4 is 0 Å². The van der Waals surface area contributed by atoms with Crippen LogP contribution in [-0.2, 0) is 20.0 Å². The first kappa shape index (κ1) is 27.1. The first-order valence-corrected chi connectivity index (χ1v) is 15.6. The minimum atomic E-state index is -3.88. The van der Waals surface area contributed by atoms with Crippen LogP contribution in [0, 0.1) is 0 Å². The van der Waals surface area contributed by atoms with Crippen molar-refractivity contribution >= 4 is 31.6 Å². The minimum Gasteiger partial charge on any atom is -0.305 e. The van der Waals surface area contributed by atoms with Crippen LogP contribution in [0.3, 0.4) is 0 Å². The average molecular weight is 561 g/mol. The fourth-order valence-electron chi connectivity index (χ4n) is 5.25. The summed E-state index contributed by atoms with van der Waals surface area (Å²) in [5.41, 5.74) is 0.175. The Labute approximate surface area is 223 Å². The summed E-state index contributed by atoms with van der Waals surface area (Å²) in [6.45, 7) is 4.18. The monoisotopic (exact) mass is 560 g/mol. The third kappa shape index (κ3) is 4.85. The molecule has 2 heterocycles. The second-order valence-electron chi connectivity index (χ2n) is 10.2. The molecule has 0 unspecified atom stereocenters. The number of hydrogen-bond donors (Lipinski definition) is 0. The number of sulfonamides is 2. The van der Waals surface area contributed by atoms with Crippen molar-refractivity contribution in [3.63, 3.8) is 0 Å². The molecule has 12 heteroatoms. The van der Waals surface area contributed by atoms with Gasteiger partial charge in [0.05, 0.1) is 9.79 Å². The summed E-state index contributed by atoms with van der Waals surface area (Å²) in [5, 5.41) is 0. The van der Waals surface area contributed by atoms with Crippen molar-refractivity contribution in [2.45, 2.75) is 22.6 Å². The first-order chi connectivity index (χ1) is 18.0. The van der Waals surface area contributed by atoms with E-state index < -0.39 is 31.6 Å². The van der Waals surface area contributed by atoms with Crippen molar-refractivity contribution in [1.29, 1.82) is 0 Å². The summed E-state index contributed by atoms with van der Waals surface area (Å²) >= 11 is 0. The van der Waals surface area contributed by atoms with Crippen molar-refractivity contribution in [3.8, 4) is 0 Å². The van der Waals surface area contributed by atoms with Gasteiger partial charge in [0.2, 0.25) is 20.0 Å². The lowest BCUT2D eigenvalue weighted by molar-refractivity contribution is 0.0978. The van der Waals surface area contributed by atoms with Gasteiger partial charge in [0, 0.05) is 61.5 Å². The number of nitrogens with zero attached hydrogens (tertiary/aromatic N) is 4. The number of benzene rings is 2. The normalized spacial score (nSPS) is 21.0. The Hall–Kier alpha value is -2.48. The molecule has 0 saturated carbocycles. The summed E-state index contributed by atoms with van der Waals surface area (Å²) < 4.78 is 56.4. The average Bonchev–Trinajstić information content (AvgIpc) is 3.26. The van der Waals surface area contributed by atoms with Crippen LogP contribution in [0.4, 0.5) is 0 Å². The molecule has 0 bridgehead atoms. The van der Waals surface area contributed by atoms with E-state index in [0.29, 0.717) is 52.1 Å². The molecule has 5 rings (SSSR count). The van der Waals surface area contributed by atoms with Gasteiger partial charge in [-0.2, -0.15) is 8.61 Å². The fourth-order valence-corrected chi connectivity index (χ4v) is 8.25. The van der Waals surface area contributed by atoms with E-state index in [0.717, 1.165) is 13.1 Å². The van der Waals surface area contributed by atoms with Crippen LogP contribution in [-0.4, -0.2) is 113 Å². The van der Waals surface area contributed by atoms with Crippen molar-refractivity contribution in [2.75, 3.05) is 66.5 Å². The van der Waals surface area contributed by atoms with Gasteiger partial charge >= 0.3 is 0 Å². The van der Waals surface area contributed by atoms with Crippen molar-refractivity contribution in [1.82, 2.24) is 18.4 Å². The molecule has 0 amide bonds. The third-order valence-electron chi connectivity index (χ3n) is 7.59. The second kappa shape index (κ2) is 10.2. The predicted octanol–water partition coefficient (Wildman–Crippen LogP) is 1.11. The van der Waals surface area contributed by atoms with E-state index in [1.165, 1.54) is 45.0 Å². The van der Waals surface area contributed by atoms with E-state index in [4.69, 9.17) is 0 Å². The summed E-state index contributed by atoms with van der Waals surface area (Å²) in [6.07, 6.45) is 1.38. The van der Waals surface area contributed by atoms with Crippen molar-refractivity contribution < 1.29 is 26.4 Å². The van der Waals surface area contributed by atoms with Gasteiger partial charge in [-0.15, -0.1) is 0 Å². The molecular weight excluding hydrogens is 528 g/mol. The molecule has 0 radical (unpaired) electrons. The molecule has 38 heavy (non-hydrogen) atoms. The lowest BCUT2D eigenvalue weighted by Gasteiger charge is -2.23. The third-order valence-corrected chi connectivity index (χ3v) is 11.4. The standard InChI is InChI=1S/C26H32N4O6S2/c1-27-9-3-11-29(15-13-27)37(33,34)19-5-7-21-23(17-19)26(32)24-18-20(6-8-22(24)25(21)31)38(35,36)30-12-4-10-28(2)14-16-30/h5-8,17-18H,3-4,9-16H2,1-2H3.